The van der Waals surface area contributed by atoms with Crippen molar-refractivity contribution in [1.82, 2.24) is 9.47 Å². The van der Waals surface area contributed by atoms with Gasteiger partial charge in [0, 0.05) is 25.9 Å². The number of likely N-dealkylation sites (N-methyl/N-ethyl adjacent to an activating group) is 1. The van der Waals surface area contributed by atoms with E-state index < -0.39 is 11.7 Å². The second-order valence-electron chi connectivity index (χ2n) is 5.62. The summed E-state index contributed by atoms with van der Waals surface area (Å²) in [4.78, 5) is 25.3. The zero-order chi connectivity index (χ0) is 17.9. The molecule has 1 heterocycles. The van der Waals surface area contributed by atoms with Crippen molar-refractivity contribution < 1.29 is 18.0 Å². The molecule has 0 atom stereocenters. The molecule has 0 saturated carbocycles. The van der Waals surface area contributed by atoms with Crippen LogP contribution in [0.5, 0.6) is 0 Å². The van der Waals surface area contributed by atoms with E-state index in [1.807, 2.05) is 0 Å². The quantitative estimate of drug-likeness (QED) is 0.860. The largest absolute Gasteiger partial charge is 0.416 e. The van der Waals surface area contributed by atoms with E-state index in [2.05, 4.69) is 0 Å². The first-order chi connectivity index (χ1) is 11.2. The van der Waals surface area contributed by atoms with Crippen LogP contribution < -0.4 is 5.56 Å². The molecule has 1 aromatic heterocycles. The number of rotatable bonds is 4. The van der Waals surface area contributed by atoms with Gasteiger partial charge < -0.3 is 9.47 Å². The average molecular weight is 338 g/mol. The zero-order valence-electron chi connectivity index (χ0n) is 13.3. The van der Waals surface area contributed by atoms with E-state index in [0.29, 0.717) is 5.56 Å². The molecule has 0 aliphatic heterocycles. The molecule has 24 heavy (non-hydrogen) atoms. The van der Waals surface area contributed by atoms with Gasteiger partial charge in [-0.3, -0.25) is 9.59 Å². The highest BCUT2D eigenvalue weighted by molar-refractivity contribution is 5.75. The van der Waals surface area contributed by atoms with Gasteiger partial charge in [0.1, 0.15) is 6.54 Å². The molecule has 4 nitrogen and oxygen atoms in total. The topological polar surface area (TPSA) is 42.3 Å². The molecule has 0 unspecified atom stereocenters. The second-order valence-corrected chi connectivity index (χ2v) is 5.62. The van der Waals surface area contributed by atoms with Crippen LogP contribution in [0.1, 0.15) is 16.7 Å². The Kier molecular flexibility index (Phi) is 5.11. The van der Waals surface area contributed by atoms with Crippen molar-refractivity contribution in [2.75, 3.05) is 7.05 Å². The summed E-state index contributed by atoms with van der Waals surface area (Å²) in [5.74, 6) is -0.363. The fraction of sp³-hybridized carbons (Fsp3) is 0.294. The van der Waals surface area contributed by atoms with Crippen LogP contribution in [-0.2, 0) is 24.1 Å². The van der Waals surface area contributed by atoms with Gasteiger partial charge in [-0.2, -0.15) is 13.2 Å². The van der Waals surface area contributed by atoms with E-state index in [4.69, 9.17) is 0 Å². The molecular formula is C17H17F3N2O2. The number of carbonyl (C=O) groups excluding carboxylic acids is 1. The van der Waals surface area contributed by atoms with Gasteiger partial charge in [0.25, 0.3) is 5.56 Å². The Hall–Kier alpha value is -2.57. The summed E-state index contributed by atoms with van der Waals surface area (Å²) in [6.45, 7) is 1.64. The molecule has 0 saturated heterocycles. The van der Waals surface area contributed by atoms with Crippen LogP contribution in [0.25, 0.3) is 0 Å². The number of nitrogens with zero attached hydrogens (tertiary/aromatic N) is 2. The number of amides is 1. The van der Waals surface area contributed by atoms with E-state index >= 15 is 0 Å². The highest BCUT2D eigenvalue weighted by Gasteiger charge is 2.30. The first-order valence-electron chi connectivity index (χ1n) is 7.24. The SMILES string of the molecule is Cc1ccn(CC(=O)N(C)Cc2cccc(C(F)(F)F)c2)c(=O)c1. The van der Waals surface area contributed by atoms with Crippen molar-refractivity contribution in [3.63, 3.8) is 0 Å². The van der Waals surface area contributed by atoms with Gasteiger partial charge in [0.05, 0.1) is 5.56 Å². The van der Waals surface area contributed by atoms with Crippen molar-refractivity contribution in [3.8, 4) is 0 Å². The number of benzene rings is 1. The standard InChI is InChI=1S/C17H17F3N2O2/c1-12-6-7-22(15(23)8-12)11-16(24)21(2)10-13-4-3-5-14(9-13)17(18,19)20/h3-9H,10-11H2,1-2H3. The maximum Gasteiger partial charge on any atom is 0.416 e. The van der Waals surface area contributed by atoms with Gasteiger partial charge >= 0.3 is 6.18 Å². The van der Waals surface area contributed by atoms with E-state index in [1.54, 1.807) is 13.0 Å². The number of hydrogen-bond acceptors (Lipinski definition) is 2. The number of aromatic nitrogens is 1. The molecule has 128 valence electrons. The van der Waals surface area contributed by atoms with Gasteiger partial charge in [-0.05, 0) is 36.2 Å². The summed E-state index contributed by atoms with van der Waals surface area (Å²) in [5, 5.41) is 0. The Labute approximate surface area is 137 Å². The minimum atomic E-state index is -4.42. The lowest BCUT2D eigenvalue weighted by atomic mass is 10.1. The molecule has 7 heteroatoms. The number of hydrogen-bond donors (Lipinski definition) is 0. The highest BCUT2D eigenvalue weighted by atomic mass is 19.4. The van der Waals surface area contributed by atoms with Crippen LogP contribution in [0, 0.1) is 6.92 Å². The van der Waals surface area contributed by atoms with E-state index in [1.165, 1.54) is 40.9 Å². The molecule has 0 fully saturated rings. The highest BCUT2D eigenvalue weighted by Crippen LogP contribution is 2.29. The summed E-state index contributed by atoms with van der Waals surface area (Å²) in [5.41, 5.74) is 0.115. The van der Waals surface area contributed by atoms with Gasteiger partial charge in [0.2, 0.25) is 5.91 Å². The maximum absolute atomic E-state index is 12.7. The van der Waals surface area contributed by atoms with Crippen molar-refractivity contribution in [1.29, 1.82) is 0 Å². The molecule has 0 bridgehead atoms. The van der Waals surface area contributed by atoms with Crippen LogP contribution >= 0.6 is 0 Å². The predicted molar refractivity (Wildman–Crippen MR) is 83.4 cm³/mol. The Morgan fingerprint density at radius 2 is 1.92 bits per heavy atom. The molecule has 2 aromatic rings. The Morgan fingerprint density at radius 1 is 1.21 bits per heavy atom. The lowest BCUT2D eigenvalue weighted by Crippen LogP contribution is -2.33. The maximum atomic E-state index is 12.7. The lowest BCUT2D eigenvalue weighted by Gasteiger charge is -2.19. The normalized spacial score (nSPS) is 11.4. The summed E-state index contributed by atoms with van der Waals surface area (Å²) >= 11 is 0. The number of carbonyl (C=O) groups is 1. The van der Waals surface area contributed by atoms with Gasteiger partial charge in [-0.1, -0.05) is 12.1 Å². The number of pyridine rings is 1. The number of halogens is 3. The Balaban J connectivity index is 2.08. The molecule has 0 aliphatic carbocycles. The third-order valence-electron chi connectivity index (χ3n) is 3.56. The summed E-state index contributed by atoms with van der Waals surface area (Å²) in [6.07, 6.45) is -2.90. The van der Waals surface area contributed by atoms with Gasteiger partial charge in [-0.25, -0.2) is 0 Å². The molecule has 0 spiro atoms. The molecule has 2 rings (SSSR count). The lowest BCUT2D eigenvalue weighted by molar-refractivity contribution is -0.137. The Bertz CT molecular complexity index is 797. The summed E-state index contributed by atoms with van der Waals surface area (Å²) in [7, 11) is 1.49. The first-order valence-corrected chi connectivity index (χ1v) is 7.24. The fourth-order valence-electron chi connectivity index (χ4n) is 2.21. The van der Waals surface area contributed by atoms with E-state index in [-0.39, 0.29) is 24.6 Å². The minimum absolute atomic E-state index is 0.0311. The van der Waals surface area contributed by atoms with Gasteiger partial charge in [0.15, 0.2) is 0 Å². The summed E-state index contributed by atoms with van der Waals surface area (Å²) in [6, 6.07) is 7.96. The predicted octanol–water partition coefficient (Wildman–Crippen LogP) is 2.83. The van der Waals surface area contributed by atoms with E-state index in [9.17, 15) is 22.8 Å². The van der Waals surface area contributed by atoms with Crippen molar-refractivity contribution >= 4 is 5.91 Å². The monoisotopic (exact) mass is 338 g/mol. The Morgan fingerprint density at radius 3 is 2.54 bits per heavy atom. The molecular weight excluding hydrogens is 321 g/mol. The molecule has 0 N–H and O–H groups in total. The second kappa shape index (κ2) is 6.90. The van der Waals surface area contributed by atoms with Crippen LogP contribution in [-0.4, -0.2) is 22.4 Å². The number of aryl methyl sites for hydroxylation is 1. The van der Waals surface area contributed by atoms with E-state index in [0.717, 1.165) is 17.7 Å². The molecule has 0 aliphatic rings. The third kappa shape index (κ3) is 4.47. The first kappa shape index (κ1) is 17.8. The van der Waals surface area contributed by atoms with Crippen molar-refractivity contribution in [3.05, 3.63) is 69.6 Å². The van der Waals surface area contributed by atoms with Crippen molar-refractivity contribution in [2.24, 2.45) is 0 Å². The average Bonchev–Trinajstić information content (AvgIpc) is 2.49. The molecule has 0 radical (unpaired) electrons. The van der Waals surface area contributed by atoms with Crippen LogP contribution in [0.15, 0.2) is 47.4 Å². The van der Waals surface area contributed by atoms with Crippen molar-refractivity contribution in [2.45, 2.75) is 26.2 Å². The van der Waals surface area contributed by atoms with Crippen LogP contribution in [0.2, 0.25) is 0 Å². The van der Waals surface area contributed by atoms with Crippen LogP contribution in [0.4, 0.5) is 13.2 Å². The van der Waals surface area contributed by atoms with Crippen LogP contribution in [0.3, 0.4) is 0 Å². The molecule has 1 amide bonds. The zero-order valence-corrected chi connectivity index (χ0v) is 13.3. The fourth-order valence-corrected chi connectivity index (χ4v) is 2.21. The smallest absolute Gasteiger partial charge is 0.340 e. The minimum Gasteiger partial charge on any atom is -0.340 e. The molecule has 1 aromatic carbocycles. The van der Waals surface area contributed by atoms with Gasteiger partial charge in [-0.15, -0.1) is 0 Å². The third-order valence-corrected chi connectivity index (χ3v) is 3.56. The summed E-state index contributed by atoms with van der Waals surface area (Å²) < 4.78 is 39.4. The number of alkyl halides is 3.